The Morgan fingerprint density at radius 1 is 1.32 bits per heavy atom. The van der Waals surface area contributed by atoms with E-state index in [1.165, 1.54) is 0 Å². The molecule has 1 saturated heterocycles. The second kappa shape index (κ2) is 5.59. The number of benzene rings is 1. The van der Waals surface area contributed by atoms with E-state index in [4.69, 9.17) is 18.9 Å². The fraction of sp³-hybridized carbons (Fsp3) is 0.500. The fourth-order valence-electron chi connectivity index (χ4n) is 2.21. The van der Waals surface area contributed by atoms with Gasteiger partial charge in [-0.25, -0.2) is 0 Å². The summed E-state index contributed by atoms with van der Waals surface area (Å²) < 4.78 is 21.3. The number of ether oxygens (including phenoxy) is 4. The Balaban J connectivity index is 1.52. The number of rotatable bonds is 5. The molecule has 0 aliphatic carbocycles. The number of hydrogen-bond acceptors (Lipinski definition) is 5. The number of carbonyl (C=O) groups excluding carboxylic acids is 1. The van der Waals surface area contributed by atoms with Crippen molar-refractivity contribution in [3.63, 3.8) is 0 Å². The maximum atomic E-state index is 12.0. The maximum Gasteiger partial charge on any atom is 0.231 e. The van der Waals surface area contributed by atoms with Crippen LogP contribution < -0.4 is 9.47 Å². The van der Waals surface area contributed by atoms with Crippen molar-refractivity contribution < 1.29 is 23.7 Å². The Morgan fingerprint density at radius 3 is 3.05 bits per heavy atom. The van der Waals surface area contributed by atoms with Gasteiger partial charge in [-0.15, -0.1) is 0 Å². The Kier molecular flexibility index (Phi) is 3.66. The third-order valence-corrected chi connectivity index (χ3v) is 3.26. The molecular weight excluding hydrogens is 248 g/mol. The molecule has 2 aliphatic rings. The zero-order valence-corrected chi connectivity index (χ0v) is 10.6. The lowest BCUT2D eigenvalue weighted by Gasteiger charge is -2.09. The largest absolute Gasteiger partial charge is 0.454 e. The lowest BCUT2D eigenvalue weighted by Crippen LogP contribution is -2.18. The molecule has 19 heavy (non-hydrogen) atoms. The summed E-state index contributed by atoms with van der Waals surface area (Å²) in [6.45, 7) is 1.56. The van der Waals surface area contributed by atoms with Crippen LogP contribution in [0.25, 0.3) is 0 Å². The van der Waals surface area contributed by atoms with Crippen molar-refractivity contribution in [1.82, 2.24) is 0 Å². The van der Waals surface area contributed by atoms with Gasteiger partial charge in [0.05, 0.1) is 12.7 Å². The van der Waals surface area contributed by atoms with Crippen molar-refractivity contribution >= 4 is 5.78 Å². The van der Waals surface area contributed by atoms with E-state index in [2.05, 4.69) is 0 Å². The first kappa shape index (κ1) is 12.4. The molecule has 102 valence electrons. The van der Waals surface area contributed by atoms with Crippen molar-refractivity contribution in [3.05, 3.63) is 23.8 Å². The molecule has 1 fully saturated rings. The van der Waals surface area contributed by atoms with Crippen LogP contribution in [-0.2, 0) is 9.47 Å². The summed E-state index contributed by atoms with van der Waals surface area (Å²) in [5.74, 6) is 1.23. The van der Waals surface area contributed by atoms with Gasteiger partial charge in [0.2, 0.25) is 6.79 Å². The molecule has 1 unspecified atom stereocenters. The minimum Gasteiger partial charge on any atom is -0.454 e. The van der Waals surface area contributed by atoms with E-state index >= 15 is 0 Å². The molecule has 0 radical (unpaired) electrons. The predicted molar refractivity (Wildman–Crippen MR) is 66.7 cm³/mol. The number of Topliss-reactive ketones (excluding diaryl/α,β-unsaturated/α-hetero) is 1. The first-order valence-electron chi connectivity index (χ1n) is 6.45. The minimum atomic E-state index is -0.0590. The fourth-order valence-corrected chi connectivity index (χ4v) is 2.21. The van der Waals surface area contributed by atoms with Crippen LogP contribution in [0, 0.1) is 0 Å². The number of fused-ring (bicyclic) bond motifs is 1. The van der Waals surface area contributed by atoms with Crippen LogP contribution in [0.5, 0.6) is 11.5 Å². The average Bonchev–Trinajstić information content (AvgIpc) is 3.08. The van der Waals surface area contributed by atoms with Gasteiger partial charge >= 0.3 is 0 Å². The lowest BCUT2D eigenvalue weighted by molar-refractivity contribution is 0.0190. The molecule has 5 heteroatoms. The molecule has 0 amide bonds. The summed E-state index contributed by atoms with van der Waals surface area (Å²) in [5, 5.41) is 0. The Bertz CT molecular complexity index is 465. The highest BCUT2D eigenvalue weighted by molar-refractivity contribution is 5.97. The van der Waals surface area contributed by atoms with Crippen molar-refractivity contribution in [2.75, 3.05) is 26.6 Å². The van der Waals surface area contributed by atoms with E-state index in [0.717, 1.165) is 19.4 Å². The van der Waals surface area contributed by atoms with Gasteiger partial charge in [0.25, 0.3) is 0 Å². The van der Waals surface area contributed by atoms with Crippen LogP contribution in [0.15, 0.2) is 18.2 Å². The molecule has 1 aromatic rings. The van der Waals surface area contributed by atoms with Gasteiger partial charge in [-0.2, -0.15) is 0 Å². The molecule has 1 atom stereocenters. The van der Waals surface area contributed by atoms with Crippen LogP contribution in [0.4, 0.5) is 0 Å². The van der Waals surface area contributed by atoms with Crippen LogP contribution in [-0.4, -0.2) is 38.5 Å². The van der Waals surface area contributed by atoms with Crippen LogP contribution in [0.1, 0.15) is 23.2 Å². The molecule has 1 aromatic carbocycles. The molecule has 5 nitrogen and oxygen atoms in total. The minimum absolute atomic E-state index is 0.0590. The monoisotopic (exact) mass is 264 g/mol. The summed E-state index contributed by atoms with van der Waals surface area (Å²) >= 11 is 0. The summed E-state index contributed by atoms with van der Waals surface area (Å²) in [4.78, 5) is 12.0. The number of ketones is 1. The molecule has 2 aliphatic heterocycles. The molecule has 0 bridgehead atoms. The summed E-state index contributed by atoms with van der Waals surface area (Å²) in [6.07, 6.45) is 2.23. The molecule has 3 rings (SSSR count). The van der Waals surface area contributed by atoms with Crippen molar-refractivity contribution in [3.8, 4) is 11.5 Å². The normalized spacial score (nSPS) is 20.7. The third kappa shape index (κ3) is 2.88. The van der Waals surface area contributed by atoms with E-state index in [-0.39, 0.29) is 25.3 Å². The first-order valence-corrected chi connectivity index (χ1v) is 6.45. The van der Waals surface area contributed by atoms with Crippen molar-refractivity contribution in [2.24, 2.45) is 0 Å². The van der Waals surface area contributed by atoms with Crippen LogP contribution in [0.2, 0.25) is 0 Å². The summed E-state index contributed by atoms with van der Waals surface area (Å²) in [6, 6.07) is 5.17. The number of carbonyl (C=O) groups is 1. The Morgan fingerprint density at radius 2 is 2.21 bits per heavy atom. The van der Waals surface area contributed by atoms with Crippen LogP contribution >= 0.6 is 0 Å². The summed E-state index contributed by atoms with van der Waals surface area (Å²) in [7, 11) is 0. The van der Waals surface area contributed by atoms with Crippen molar-refractivity contribution in [2.45, 2.75) is 18.9 Å². The highest BCUT2D eigenvalue weighted by Crippen LogP contribution is 2.32. The first-order chi connectivity index (χ1) is 9.33. The molecule has 2 heterocycles. The average molecular weight is 264 g/mol. The molecule has 0 saturated carbocycles. The van der Waals surface area contributed by atoms with E-state index in [0.29, 0.717) is 23.7 Å². The molecule has 0 spiro atoms. The van der Waals surface area contributed by atoms with Gasteiger partial charge < -0.3 is 18.9 Å². The second-order valence-electron chi connectivity index (χ2n) is 4.64. The third-order valence-electron chi connectivity index (χ3n) is 3.26. The van der Waals surface area contributed by atoms with E-state index < -0.39 is 0 Å². The highest BCUT2D eigenvalue weighted by atomic mass is 16.7. The zero-order valence-electron chi connectivity index (χ0n) is 10.6. The predicted octanol–water partition coefficient (Wildman–Crippen LogP) is 1.79. The Labute approximate surface area is 111 Å². The van der Waals surface area contributed by atoms with E-state index in [1.54, 1.807) is 18.2 Å². The second-order valence-corrected chi connectivity index (χ2v) is 4.64. The topological polar surface area (TPSA) is 54.0 Å². The quantitative estimate of drug-likeness (QED) is 0.759. The van der Waals surface area contributed by atoms with Gasteiger partial charge in [-0.3, -0.25) is 4.79 Å². The van der Waals surface area contributed by atoms with Gasteiger partial charge in [-0.05, 0) is 31.0 Å². The van der Waals surface area contributed by atoms with Gasteiger partial charge in [-0.1, -0.05) is 0 Å². The SMILES string of the molecule is O=C(COCC1CCCO1)c1ccc2c(c1)OCO2. The Hall–Kier alpha value is -1.59. The van der Waals surface area contributed by atoms with Crippen LogP contribution in [0.3, 0.4) is 0 Å². The standard InChI is InChI=1S/C14H16O5/c15-12(8-16-7-11-2-1-5-17-11)10-3-4-13-14(6-10)19-9-18-13/h3-4,6,11H,1-2,5,7-9H2. The zero-order chi connectivity index (χ0) is 13.1. The number of hydrogen-bond donors (Lipinski definition) is 0. The maximum absolute atomic E-state index is 12.0. The van der Waals surface area contributed by atoms with Gasteiger partial charge in [0.1, 0.15) is 6.61 Å². The summed E-state index contributed by atoms with van der Waals surface area (Å²) in [5.41, 5.74) is 0.580. The van der Waals surface area contributed by atoms with Gasteiger partial charge in [0, 0.05) is 12.2 Å². The van der Waals surface area contributed by atoms with E-state index in [1.807, 2.05) is 0 Å². The smallest absolute Gasteiger partial charge is 0.231 e. The van der Waals surface area contributed by atoms with Crippen molar-refractivity contribution in [1.29, 1.82) is 0 Å². The molecule has 0 aromatic heterocycles. The highest BCUT2D eigenvalue weighted by Gasteiger charge is 2.18. The molecular formula is C14H16O5. The van der Waals surface area contributed by atoms with E-state index in [9.17, 15) is 4.79 Å². The molecule has 0 N–H and O–H groups in total. The lowest BCUT2D eigenvalue weighted by atomic mass is 10.1. The van der Waals surface area contributed by atoms with Gasteiger partial charge in [0.15, 0.2) is 17.3 Å².